The summed E-state index contributed by atoms with van der Waals surface area (Å²) in [5.74, 6) is 0.879. The first-order chi connectivity index (χ1) is 15.0. The molecule has 2 aliphatic heterocycles. The van der Waals surface area contributed by atoms with Gasteiger partial charge in [-0.3, -0.25) is 9.59 Å². The van der Waals surface area contributed by atoms with Crippen molar-refractivity contribution in [1.29, 1.82) is 0 Å². The van der Waals surface area contributed by atoms with Gasteiger partial charge in [-0.1, -0.05) is 29.3 Å². The maximum absolute atomic E-state index is 12.8. The van der Waals surface area contributed by atoms with E-state index in [0.717, 1.165) is 30.4 Å². The molecule has 2 aromatic rings. The molecule has 2 amide bonds. The fourth-order valence-corrected chi connectivity index (χ4v) is 4.26. The highest BCUT2D eigenvalue weighted by Crippen LogP contribution is 2.38. The second kappa shape index (κ2) is 9.60. The highest BCUT2D eigenvalue weighted by atomic mass is 35.5. The van der Waals surface area contributed by atoms with Crippen molar-refractivity contribution in [3.05, 3.63) is 58.1 Å². The molecule has 1 unspecified atom stereocenters. The zero-order valence-corrected chi connectivity index (χ0v) is 18.4. The van der Waals surface area contributed by atoms with Crippen molar-refractivity contribution >= 4 is 23.4 Å². The fraction of sp³-hybridized carbons (Fsp3) is 0.417. The largest absolute Gasteiger partial charge is 0.489 e. The zero-order valence-electron chi connectivity index (χ0n) is 17.7. The monoisotopic (exact) mass is 442 g/mol. The van der Waals surface area contributed by atoms with Gasteiger partial charge in [-0.15, -0.1) is 0 Å². The van der Waals surface area contributed by atoms with Crippen molar-refractivity contribution < 1.29 is 19.1 Å². The van der Waals surface area contributed by atoms with Crippen LogP contribution in [0.5, 0.6) is 11.5 Å². The van der Waals surface area contributed by atoms with E-state index in [1.807, 2.05) is 37.3 Å². The molecule has 1 atom stereocenters. The molecule has 0 aromatic heterocycles. The van der Waals surface area contributed by atoms with Crippen molar-refractivity contribution in [2.24, 2.45) is 5.92 Å². The molecule has 0 radical (unpaired) electrons. The molecule has 164 valence electrons. The van der Waals surface area contributed by atoms with Gasteiger partial charge in [0.05, 0.1) is 24.2 Å². The minimum atomic E-state index is -0.223. The number of likely N-dealkylation sites (tertiary alicyclic amines) is 1. The number of halogens is 1. The Morgan fingerprint density at radius 2 is 1.90 bits per heavy atom. The number of rotatable bonds is 4. The van der Waals surface area contributed by atoms with Crippen molar-refractivity contribution in [2.75, 3.05) is 26.3 Å². The van der Waals surface area contributed by atoms with Crippen LogP contribution in [0.3, 0.4) is 0 Å². The van der Waals surface area contributed by atoms with Gasteiger partial charge >= 0.3 is 0 Å². The smallest absolute Gasteiger partial charge is 0.253 e. The van der Waals surface area contributed by atoms with E-state index in [4.69, 9.17) is 21.1 Å². The van der Waals surface area contributed by atoms with Gasteiger partial charge in [-0.2, -0.15) is 0 Å². The standard InChI is InChI=1S/C24H27ClN2O4/c1-16-5-7-18(8-6-16)24(29)27-9-2-4-19(15-27)23(28)26-14-17-12-20(25)22-21(13-17)30-10-3-11-31-22/h5-8,12-13,19H,2-4,9-11,14-15H2,1H3,(H,26,28). The van der Waals surface area contributed by atoms with Crippen molar-refractivity contribution in [3.8, 4) is 11.5 Å². The van der Waals surface area contributed by atoms with E-state index < -0.39 is 0 Å². The van der Waals surface area contributed by atoms with E-state index in [1.165, 1.54) is 0 Å². The van der Waals surface area contributed by atoms with Gasteiger partial charge in [0, 0.05) is 31.6 Å². The van der Waals surface area contributed by atoms with Crippen molar-refractivity contribution in [3.63, 3.8) is 0 Å². The minimum absolute atomic E-state index is 0.0211. The number of carbonyl (C=O) groups excluding carboxylic acids is 2. The average molecular weight is 443 g/mol. The Morgan fingerprint density at radius 3 is 2.71 bits per heavy atom. The highest BCUT2D eigenvalue weighted by Gasteiger charge is 2.29. The van der Waals surface area contributed by atoms with Crippen molar-refractivity contribution in [2.45, 2.75) is 32.7 Å². The number of hydrogen-bond acceptors (Lipinski definition) is 4. The summed E-state index contributed by atoms with van der Waals surface area (Å²) < 4.78 is 11.4. The quantitative estimate of drug-likeness (QED) is 0.777. The van der Waals surface area contributed by atoms with Gasteiger partial charge in [0.15, 0.2) is 11.5 Å². The Kier molecular flexibility index (Phi) is 6.66. The number of nitrogens with one attached hydrogen (secondary N) is 1. The maximum Gasteiger partial charge on any atom is 0.253 e. The Hall–Kier alpha value is -2.73. The molecule has 1 fully saturated rings. The molecule has 0 saturated carbocycles. The molecule has 0 bridgehead atoms. The third kappa shape index (κ3) is 5.13. The van der Waals surface area contributed by atoms with E-state index in [1.54, 1.807) is 11.0 Å². The number of hydrogen-bond donors (Lipinski definition) is 1. The molecule has 4 rings (SSSR count). The summed E-state index contributed by atoms with van der Waals surface area (Å²) in [6.07, 6.45) is 2.38. The van der Waals surface area contributed by atoms with E-state index in [2.05, 4.69) is 5.32 Å². The molecular weight excluding hydrogens is 416 g/mol. The van der Waals surface area contributed by atoms with Crippen LogP contribution in [0.15, 0.2) is 36.4 Å². The van der Waals surface area contributed by atoms with Gasteiger partial charge < -0.3 is 19.7 Å². The first-order valence-corrected chi connectivity index (χ1v) is 11.1. The Bertz CT molecular complexity index is 961. The van der Waals surface area contributed by atoms with Crippen LogP contribution in [0.4, 0.5) is 0 Å². The van der Waals surface area contributed by atoms with Crippen molar-refractivity contribution in [1.82, 2.24) is 10.2 Å². The summed E-state index contributed by atoms with van der Waals surface area (Å²) in [5, 5.41) is 3.48. The van der Waals surface area contributed by atoms with E-state index >= 15 is 0 Å². The number of ether oxygens (including phenoxy) is 2. The Labute approximate surface area is 187 Å². The SMILES string of the molecule is Cc1ccc(C(=O)N2CCCC(C(=O)NCc3cc(Cl)c4c(c3)OCCCO4)C2)cc1. The molecule has 6 nitrogen and oxygen atoms in total. The summed E-state index contributed by atoms with van der Waals surface area (Å²) in [4.78, 5) is 27.4. The normalized spacial score (nSPS) is 18.3. The van der Waals surface area contributed by atoms with Crippen LogP contribution < -0.4 is 14.8 Å². The highest BCUT2D eigenvalue weighted by molar-refractivity contribution is 6.32. The lowest BCUT2D eigenvalue weighted by Gasteiger charge is -2.32. The van der Waals surface area contributed by atoms with E-state index in [0.29, 0.717) is 54.9 Å². The number of aryl methyl sites for hydroxylation is 1. The number of fused-ring (bicyclic) bond motifs is 1. The lowest BCUT2D eigenvalue weighted by molar-refractivity contribution is -0.126. The van der Waals surface area contributed by atoms with Crippen LogP contribution in [0, 0.1) is 12.8 Å². The minimum Gasteiger partial charge on any atom is -0.489 e. The Morgan fingerprint density at radius 1 is 1.13 bits per heavy atom. The predicted molar refractivity (Wildman–Crippen MR) is 119 cm³/mol. The van der Waals surface area contributed by atoms with Crippen LogP contribution in [0.2, 0.25) is 5.02 Å². The second-order valence-corrected chi connectivity index (χ2v) is 8.54. The first-order valence-electron chi connectivity index (χ1n) is 10.7. The third-order valence-corrected chi connectivity index (χ3v) is 5.99. The van der Waals surface area contributed by atoms with E-state index in [-0.39, 0.29) is 17.7 Å². The molecule has 2 heterocycles. The van der Waals surface area contributed by atoms with Crippen LogP contribution in [-0.2, 0) is 11.3 Å². The first kappa shape index (κ1) is 21.5. The molecule has 1 N–H and O–H groups in total. The molecule has 0 aliphatic carbocycles. The topological polar surface area (TPSA) is 67.9 Å². The van der Waals surface area contributed by atoms with Gasteiger partial charge in [0.1, 0.15) is 0 Å². The van der Waals surface area contributed by atoms with Gasteiger partial charge in [-0.25, -0.2) is 0 Å². The molecule has 0 spiro atoms. The summed E-state index contributed by atoms with van der Waals surface area (Å²) in [5.41, 5.74) is 2.63. The Balaban J connectivity index is 1.36. The van der Waals surface area contributed by atoms with E-state index in [9.17, 15) is 9.59 Å². The molecule has 1 saturated heterocycles. The summed E-state index contributed by atoms with van der Waals surface area (Å²) in [6, 6.07) is 11.2. The third-order valence-electron chi connectivity index (χ3n) is 5.71. The summed E-state index contributed by atoms with van der Waals surface area (Å²) in [7, 11) is 0. The predicted octanol–water partition coefficient (Wildman–Crippen LogP) is 3.98. The lowest BCUT2D eigenvalue weighted by Crippen LogP contribution is -2.45. The van der Waals surface area contributed by atoms with Crippen LogP contribution >= 0.6 is 11.6 Å². The average Bonchev–Trinajstić information content (AvgIpc) is 3.03. The molecule has 7 heteroatoms. The lowest BCUT2D eigenvalue weighted by atomic mass is 9.96. The number of carbonyl (C=O) groups is 2. The maximum atomic E-state index is 12.8. The van der Waals surface area contributed by atoms with Gasteiger partial charge in [0.25, 0.3) is 5.91 Å². The van der Waals surface area contributed by atoms with Gasteiger partial charge in [0.2, 0.25) is 5.91 Å². The van der Waals surface area contributed by atoms with Gasteiger partial charge in [-0.05, 0) is 49.6 Å². The molecule has 2 aromatic carbocycles. The summed E-state index contributed by atoms with van der Waals surface area (Å²) in [6.45, 7) is 4.59. The van der Waals surface area contributed by atoms with Crippen LogP contribution in [0.25, 0.3) is 0 Å². The molecule has 2 aliphatic rings. The summed E-state index contributed by atoms with van der Waals surface area (Å²) >= 11 is 6.34. The number of nitrogens with zero attached hydrogens (tertiary/aromatic N) is 1. The number of benzene rings is 2. The number of piperidine rings is 1. The fourth-order valence-electron chi connectivity index (χ4n) is 3.97. The molecular formula is C24H27ClN2O4. The second-order valence-electron chi connectivity index (χ2n) is 8.13. The zero-order chi connectivity index (χ0) is 21.8. The number of amides is 2. The molecule has 31 heavy (non-hydrogen) atoms. The van der Waals surface area contributed by atoms with Crippen LogP contribution in [-0.4, -0.2) is 43.0 Å². The van der Waals surface area contributed by atoms with Crippen LogP contribution in [0.1, 0.15) is 40.7 Å².